The summed E-state index contributed by atoms with van der Waals surface area (Å²) in [7, 11) is 0. The summed E-state index contributed by atoms with van der Waals surface area (Å²) in [6.07, 6.45) is 1.77. The van der Waals surface area contributed by atoms with E-state index in [1.54, 1.807) is 6.20 Å². The highest BCUT2D eigenvalue weighted by atomic mass is 16.5. The van der Waals surface area contributed by atoms with Crippen LogP contribution in [0, 0.1) is 0 Å². The summed E-state index contributed by atoms with van der Waals surface area (Å²) >= 11 is 0. The second kappa shape index (κ2) is 4.83. The van der Waals surface area contributed by atoms with Gasteiger partial charge in [0.2, 0.25) is 11.7 Å². The van der Waals surface area contributed by atoms with Crippen LogP contribution in [0.25, 0.3) is 11.5 Å². The van der Waals surface area contributed by atoms with Gasteiger partial charge in [-0.25, -0.2) is 0 Å². The third kappa shape index (κ3) is 2.12. The molecular formula is C12H13N3O3. The van der Waals surface area contributed by atoms with Crippen molar-refractivity contribution in [2.75, 3.05) is 13.2 Å². The van der Waals surface area contributed by atoms with Crippen molar-refractivity contribution in [1.29, 1.82) is 0 Å². The fourth-order valence-electron chi connectivity index (χ4n) is 1.95. The Balaban J connectivity index is 1.85. The first kappa shape index (κ1) is 11.3. The number of aromatic nitrogens is 3. The molecule has 18 heavy (non-hydrogen) atoms. The van der Waals surface area contributed by atoms with E-state index in [4.69, 9.17) is 9.26 Å². The van der Waals surface area contributed by atoms with Gasteiger partial charge in [0.1, 0.15) is 5.69 Å². The zero-order valence-corrected chi connectivity index (χ0v) is 9.69. The Labute approximate surface area is 104 Å². The fourth-order valence-corrected chi connectivity index (χ4v) is 1.95. The van der Waals surface area contributed by atoms with Crippen molar-refractivity contribution in [2.24, 2.45) is 0 Å². The molecule has 1 aliphatic rings. The number of ether oxygens (including phenoxy) is 1. The van der Waals surface area contributed by atoms with E-state index in [1.165, 1.54) is 0 Å². The molecular weight excluding hydrogens is 234 g/mol. The van der Waals surface area contributed by atoms with Gasteiger partial charge in [0.15, 0.2) is 0 Å². The zero-order valence-electron chi connectivity index (χ0n) is 9.69. The SMILES string of the molecule is OC1CCOCC1c1nc(-c2ccccn2)no1. The highest BCUT2D eigenvalue weighted by Gasteiger charge is 2.30. The summed E-state index contributed by atoms with van der Waals surface area (Å²) in [6.45, 7) is 0.976. The summed E-state index contributed by atoms with van der Waals surface area (Å²) in [5, 5.41) is 13.8. The van der Waals surface area contributed by atoms with Crippen molar-refractivity contribution in [3.63, 3.8) is 0 Å². The molecule has 3 rings (SSSR count). The number of nitrogens with zero attached hydrogens (tertiary/aromatic N) is 3. The lowest BCUT2D eigenvalue weighted by Crippen LogP contribution is -2.30. The molecule has 6 heteroatoms. The summed E-state index contributed by atoms with van der Waals surface area (Å²) in [4.78, 5) is 8.42. The molecule has 0 bridgehead atoms. The Hall–Kier alpha value is -1.79. The van der Waals surface area contributed by atoms with Gasteiger partial charge in [0.05, 0.1) is 18.6 Å². The maximum Gasteiger partial charge on any atom is 0.235 e. The van der Waals surface area contributed by atoms with Gasteiger partial charge < -0.3 is 14.4 Å². The topological polar surface area (TPSA) is 81.3 Å². The van der Waals surface area contributed by atoms with Crippen LogP contribution in [-0.4, -0.2) is 39.5 Å². The van der Waals surface area contributed by atoms with Gasteiger partial charge >= 0.3 is 0 Å². The number of rotatable bonds is 2. The Morgan fingerprint density at radius 1 is 1.33 bits per heavy atom. The number of pyridine rings is 1. The van der Waals surface area contributed by atoms with Crippen molar-refractivity contribution >= 4 is 0 Å². The number of hydrogen-bond donors (Lipinski definition) is 1. The molecule has 2 aromatic rings. The Morgan fingerprint density at radius 3 is 3.06 bits per heavy atom. The van der Waals surface area contributed by atoms with Gasteiger partial charge in [-0.05, 0) is 18.6 Å². The molecule has 2 unspecified atom stereocenters. The number of hydrogen-bond acceptors (Lipinski definition) is 6. The third-order valence-corrected chi connectivity index (χ3v) is 2.97. The first-order chi connectivity index (χ1) is 8.84. The zero-order chi connectivity index (χ0) is 12.4. The molecule has 0 saturated carbocycles. The molecule has 0 radical (unpaired) electrons. The van der Waals surface area contributed by atoms with Gasteiger partial charge in [-0.2, -0.15) is 4.98 Å². The fraction of sp³-hybridized carbons (Fsp3) is 0.417. The number of aliphatic hydroxyl groups excluding tert-OH is 1. The van der Waals surface area contributed by atoms with Gasteiger partial charge in [-0.1, -0.05) is 11.2 Å². The predicted octanol–water partition coefficient (Wildman–Crippen LogP) is 0.996. The van der Waals surface area contributed by atoms with E-state index >= 15 is 0 Å². The third-order valence-electron chi connectivity index (χ3n) is 2.97. The van der Waals surface area contributed by atoms with Gasteiger partial charge in [0.25, 0.3) is 0 Å². The summed E-state index contributed by atoms with van der Waals surface area (Å²) in [5.41, 5.74) is 0.652. The van der Waals surface area contributed by atoms with Crippen molar-refractivity contribution in [1.82, 2.24) is 15.1 Å². The van der Waals surface area contributed by atoms with E-state index in [1.807, 2.05) is 18.2 Å². The standard InChI is InChI=1S/C12H13N3O3/c16-10-4-6-17-7-8(10)12-14-11(15-18-12)9-3-1-2-5-13-9/h1-3,5,8,10,16H,4,6-7H2. The van der Waals surface area contributed by atoms with Crippen LogP contribution in [0.1, 0.15) is 18.2 Å². The molecule has 1 fully saturated rings. The quantitative estimate of drug-likeness (QED) is 0.852. The summed E-state index contributed by atoms with van der Waals surface area (Å²) < 4.78 is 10.5. The van der Waals surface area contributed by atoms with E-state index in [9.17, 15) is 5.11 Å². The lowest BCUT2D eigenvalue weighted by Gasteiger charge is -2.24. The summed E-state index contributed by atoms with van der Waals surface area (Å²) in [6, 6.07) is 5.49. The van der Waals surface area contributed by atoms with Crippen LogP contribution in [-0.2, 0) is 4.74 Å². The van der Waals surface area contributed by atoms with Gasteiger partial charge in [-0.3, -0.25) is 4.98 Å². The molecule has 94 valence electrons. The minimum atomic E-state index is -0.490. The first-order valence-corrected chi connectivity index (χ1v) is 5.85. The van der Waals surface area contributed by atoms with Crippen molar-refractivity contribution < 1.29 is 14.4 Å². The van der Waals surface area contributed by atoms with E-state index in [0.29, 0.717) is 37.0 Å². The lowest BCUT2D eigenvalue weighted by molar-refractivity contribution is -0.0149. The lowest BCUT2D eigenvalue weighted by atomic mass is 9.99. The second-order valence-corrected chi connectivity index (χ2v) is 4.21. The van der Waals surface area contributed by atoms with E-state index < -0.39 is 6.10 Å². The molecule has 2 aromatic heterocycles. The molecule has 1 saturated heterocycles. The van der Waals surface area contributed by atoms with Crippen LogP contribution in [0.3, 0.4) is 0 Å². The highest BCUT2D eigenvalue weighted by molar-refractivity contribution is 5.47. The molecule has 0 amide bonds. The van der Waals surface area contributed by atoms with Crippen molar-refractivity contribution in [3.05, 3.63) is 30.3 Å². The monoisotopic (exact) mass is 247 g/mol. The Bertz CT molecular complexity index is 514. The maximum atomic E-state index is 9.88. The average Bonchev–Trinajstić information content (AvgIpc) is 2.90. The number of aliphatic hydroxyl groups is 1. The normalized spacial score (nSPS) is 24.1. The minimum Gasteiger partial charge on any atom is -0.392 e. The van der Waals surface area contributed by atoms with Crippen LogP contribution < -0.4 is 0 Å². The first-order valence-electron chi connectivity index (χ1n) is 5.85. The summed E-state index contributed by atoms with van der Waals surface area (Å²) in [5.74, 6) is 0.593. The van der Waals surface area contributed by atoms with Crippen LogP contribution in [0.2, 0.25) is 0 Å². The molecule has 0 spiro atoms. The van der Waals surface area contributed by atoms with E-state index in [0.717, 1.165) is 0 Å². The minimum absolute atomic E-state index is 0.247. The van der Waals surface area contributed by atoms with Gasteiger partial charge in [-0.15, -0.1) is 0 Å². The smallest absolute Gasteiger partial charge is 0.235 e. The second-order valence-electron chi connectivity index (χ2n) is 4.21. The van der Waals surface area contributed by atoms with Crippen LogP contribution in [0.4, 0.5) is 0 Å². The molecule has 3 heterocycles. The maximum absolute atomic E-state index is 9.88. The molecule has 6 nitrogen and oxygen atoms in total. The molecule has 1 aliphatic heterocycles. The molecule has 1 N–H and O–H groups in total. The van der Waals surface area contributed by atoms with Crippen molar-refractivity contribution in [2.45, 2.75) is 18.4 Å². The Kier molecular flexibility index (Phi) is 3.04. The van der Waals surface area contributed by atoms with Crippen LogP contribution >= 0.6 is 0 Å². The molecule has 2 atom stereocenters. The largest absolute Gasteiger partial charge is 0.392 e. The van der Waals surface area contributed by atoms with Crippen LogP contribution in [0.5, 0.6) is 0 Å². The van der Waals surface area contributed by atoms with Crippen LogP contribution in [0.15, 0.2) is 28.9 Å². The molecule has 0 aromatic carbocycles. The van der Waals surface area contributed by atoms with E-state index in [2.05, 4.69) is 15.1 Å². The molecule has 0 aliphatic carbocycles. The van der Waals surface area contributed by atoms with E-state index in [-0.39, 0.29) is 5.92 Å². The highest BCUT2D eigenvalue weighted by Crippen LogP contribution is 2.26. The van der Waals surface area contributed by atoms with Gasteiger partial charge in [0, 0.05) is 12.8 Å². The Morgan fingerprint density at radius 2 is 2.28 bits per heavy atom. The van der Waals surface area contributed by atoms with Crippen molar-refractivity contribution in [3.8, 4) is 11.5 Å². The average molecular weight is 247 g/mol. The predicted molar refractivity (Wildman–Crippen MR) is 61.7 cm³/mol.